The number of rotatable bonds is 1. The molecule has 0 aliphatic carbocycles. The third-order valence-electron chi connectivity index (χ3n) is 5.60. The Kier molecular flexibility index (Phi) is 2.87. The highest BCUT2D eigenvalue weighted by molar-refractivity contribution is 7.21. The first kappa shape index (κ1) is 13.6. The Bertz CT molecular complexity index is 746. The number of likely N-dealkylation sites (N-methyl/N-ethyl adjacent to an activating group) is 1. The molecule has 1 N–H and O–H groups in total. The zero-order chi connectivity index (χ0) is 15.4. The van der Waals surface area contributed by atoms with E-state index < -0.39 is 0 Å². The fraction of sp³-hybridized carbons (Fsp3) is 0.600. The first-order valence-corrected chi connectivity index (χ1v) is 8.91. The van der Waals surface area contributed by atoms with E-state index in [1.807, 2.05) is 0 Å². The first-order valence-electron chi connectivity index (χ1n) is 8.10. The monoisotopic (exact) mass is 329 g/mol. The molecule has 3 saturated heterocycles. The summed E-state index contributed by atoms with van der Waals surface area (Å²) < 4.78 is 0. The number of guanidine groups is 1. The van der Waals surface area contributed by atoms with Gasteiger partial charge in [-0.1, -0.05) is 11.3 Å². The molecule has 4 aliphatic rings. The second-order valence-corrected chi connectivity index (χ2v) is 7.66. The minimum Gasteiger partial charge on any atom is -0.337 e. The highest BCUT2D eigenvalue weighted by atomic mass is 32.1. The van der Waals surface area contributed by atoms with Gasteiger partial charge in [0.2, 0.25) is 5.96 Å². The summed E-state index contributed by atoms with van der Waals surface area (Å²) >= 11 is 1.52. The van der Waals surface area contributed by atoms with Crippen LogP contribution >= 0.6 is 11.3 Å². The summed E-state index contributed by atoms with van der Waals surface area (Å²) in [5, 5.41) is 4.21. The Morgan fingerprint density at radius 3 is 2.83 bits per heavy atom. The number of nitrogens with zero attached hydrogens (tertiary/aromatic N) is 6. The predicted molar refractivity (Wildman–Crippen MR) is 90.8 cm³/mol. The van der Waals surface area contributed by atoms with Gasteiger partial charge in [-0.15, -0.1) is 0 Å². The van der Waals surface area contributed by atoms with E-state index >= 15 is 0 Å². The Balaban J connectivity index is 1.40. The van der Waals surface area contributed by atoms with Crippen LogP contribution in [0.2, 0.25) is 0 Å². The lowest BCUT2D eigenvalue weighted by molar-refractivity contribution is -0.0199. The lowest BCUT2D eigenvalue weighted by Crippen LogP contribution is -2.66. The molecule has 6 heterocycles. The van der Waals surface area contributed by atoms with Gasteiger partial charge in [0, 0.05) is 26.0 Å². The van der Waals surface area contributed by atoms with E-state index in [-0.39, 0.29) is 5.54 Å². The van der Waals surface area contributed by atoms with Crippen molar-refractivity contribution < 1.29 is 0 Å². The minimum absolute atomic E-state index is 0.173. The van der Waals surface area contributed by atoms with Gasteiger partial charge in [-0.2, -0.15) is 4.98 Å². The molecule has 0 aromatic carbocycles. The number of fused-ring (bicyclic) bond motifs is 3. The summed E-state index contributed by atoms with van der Waals surface area (Å²) in [6.07, 6.45) is 5.96. The second-order valence-electron chi connectivity index (χ2n) is 6.68. The SMILES string of the molecule is CN1C(Nc2nc3nccnc3s2)=NCC12CN1CCC2CC1. The van der Waals surface area contributed by atoms with E-state index in [0.717, 1.165) is 34.9 Å². The van der Waals surface area contributed by atoms with Crippen LogP contribution in [-0.4, -0.2) is 69.5 Å². The molecule has 1 unspecified atom stereocenters. The quantitative estimate of drug-likeness (QED) is 0.849. The predicted octanol–water partition coefficient (Wildman–Crippen LogP) is 1.26. The van der Waals surface area contributed by atoms with E-state index in [1.54, 1.807) is 12.4 Å². The molecule has 4 aliphatic heterocycles. The lowest BCUT2D eigenvalue weighted by atomic mass is 9.72. The van der Waals surface area contributed by atoms with Crippen LogP contribution in [0.25, 0.3) is 10.5 Å². The van der Waals surface area contributed by atoms with Crippen molar-refractivity contribution in [1.29, 1.82) is 0 Å². The van der Waals surface area contributed by atoms with Gasteiger partial charge >= 0.3 is 0 Å². The van der Waals surface area contributed by atoms with Gasteiger partial charge in [-0.05, 0) is 31.8 Å². The van der Waals surface area contributed by atoms with Crippen molar-refractivity contribution in [3.8, 4) is 0 Å². The normalized spacial score (nSPS) is 32.7. The van der Waals surface area contributed by atoms with Crippen molar-refractivity contribution in [2.24, 2.45) is 10.9 Å². The molecule has 3 fully saturated rings. The molecule has 120 valence electrons. The average Bonchev–Trinajstić information content (AvgIpc) is 3.13. The van der Waals surface area contributed by atoms with Crippen molar-refractivity contribution >= 4 is 32.9 Å². The zero-order valence-corrected chi connectivity index (χ0v) is 13.9. The molecule has 0 saturated carbocycles. The van der Waals surface area contributed by atoms with Crippen molar-refractivity contribution in [2.75, 3.05) is 38.5 Å². The highest BCUT2D eigenvalue weighted by Crippen LogP contribution is 2.42. The van der Waals surface area contributed by atoms with Crippen LogP contribution in [-0.2, 0) is 0 Å². The summed E-state index contributed by atoms with van der Waals surface area (Å²) in [5.74, 6) is 1.68. The van der Waals surface area contributed by atoms with Crippen LogP contribution in [0.5, 0.6) is 0 Å². The number of thiazole rings is 1. The van der Waals surface area contributed by atoms with Gasteiger partial charge in [0.15, 0.2) is 15.6 Å². The van der Waals surface area contributed by atoms with E-state index in [2.05, 4.69) is 37.1 Å². The van der Waals surface area contributed by atoms with Gasteiger partial charge in [0.05, 0.1) is 12.1 Å². The molecule has 0 radical (unpaired) electrons. The van der Waals surface area contributed by atoms with Gasteiger partial charge in [-0.25, -0.2) is 9.97 Å². The standard InChI is InChI=1S/C15H19N7S/c1-21-13(20-14-19-11-12(23-14)17-5-4-16-11)18-8-15(21)9-22-6-2-10(15)3-7-22/h4-5,10H,2-3,6-9H2,1H3,(H,16,18,19,20). The van der Waals surface area contributed by atoms with E-state index in [1.165, 1.54) is 37.3 Å². The summed E-state index contributed by atoms with van der Waals surface area (Å²) in [5.41, 5.74) is 0.866. The fourth-order valence-electron chi connectivity index (χ4n) is 4.29. The molecule has 8 heteroatoms. The number of piperidine rings is 3. The van der Waals surface area contributed by atoms with Crippen molar-refractivity contribution in [2.45, 2.75) is 18.4 Å². The van der Waals surface area contributed by atoms with E-state index in [9.17, 15) is 0 Å². The number of anilines is 1. The fourth-order valence-corrected chi connectivity index (χ4v) is 5.05. The number of aliphatic imine (C=N–C) groups is 1. The van der Waals surface area contributed by atoms with Gasteiger partial charge < -0.3 is 15.1 Å². The van der Waals surface area contributed by atoms with Crippen molar-refractivity contribution in [3.05, 3.63) is 12.4 Å². The summed E-state index contributed by atoms with van der Waals surface area (Å²) in [6, 6.07) is 0. The van der Waals surface area contributed by atoms with E-state index in [4.69, 9.17) is 4.99 Å². The highest BCUT2D eigenvalue weighted by Gasteiger charge is 2.52. The first-order chi connectivity index (χ1) is 11.2. The number of aromatic nitrogens is 3. The Morgan fingerprint density at radius 2 is 2.09 bits per heavy atom. The summed E-state index contributed by atoms with van der Waals surface area (Å²) in [7, 11) is 2.17. The Hall–Kier alpha value is -1.80. The molecule has 1 atom stereocenters. The number of nitrogens with one attached hydrogen (secondary N) is 1. The van der Waals surface area contributed by atoms with Crippen LogP contribution in [0.15, 0.2) is 17.4 Å². The largest absolute Gasteiger partial charge is 0.337 e. The molecular formula is C15H19N7S. The van der Waals surface area contributed by atoms with Gasteiger partial charge in [0.25, 0.3) is 0 Å². The molecule has 2 bridgehead atoms. The molecule has 6 rings (SSSR count). The molecule has 2 aromatic heterocycles. The molecule has 23 heavy (non-hydrogen) atoms. The maximum Gasteiger partial charge on any atom is 0.200 e. The smallest absolute Gasteiger partial charge is 0.200 e. The topological polar surface area (TPSA) is 69.5 Å². The average molecular weight is 329 g/mol. The number of hydrogen-bond donors (Lipinski definition) is 1. The third kappa shape index (κ3) is 1.98. The second kappa shape index (κ2) is 4.85. The summed E-state index contributed by atoms with van der Waals surface area (Å²) in [4.78, 5) is 23.7. The third-order valence-corrected chi connectivity index (χ3v) is 6.47. The molecular weight excluding hydrogens is 310 g/mol. The van der Waals surface area contributed by atoms with Crippen LogP contribution < -0.4 is 5.32 Å². The molecule has 2 aromatic rings. The van der Waals surface area contributed by atoms with Crippen LogP contribution in [0.3, 0.4) is 0 Å². The van der Waals surface area contributed by atoms with E-state index in [0.29, 0.717) is 5.65 Å². The maximum absolute atomic E-state index is 4.81. The molecule has 1 spiro atoms. The minimum atomic E-state index is 0.173. The van der Waals surface area contributed by atoms with Crippen molar-refractivity contribution in [1.82, 2.24) is 24.8 Å². The van der Waals surface area contributed by atoms with Crippen LogP contribution in [0.4, 0.5) is 5.13 Å². The van der Waals surface area contributed by atoms with Crippen LogP contribution in [0, 0.1) is 5.92 Å². The van der Waals surface area contributed by atoms with Crippen molar-refractivity contribution in [3.63, 3.8) is 0 Å². The maximum atomic E-state index is 4.81. The van der Waals surface area contributed by atoms with Crippen LogP contribution in [0.1, 0.15) is 12.8 Å². The van der Waals surface area contributed by atoms with Gasteiger partial charge in [0.1, 0.15) is 0 Å². The molecule has 0 amide bonds. The molecule has 7 nitrogen and oxygen atoms in total. The number of hydrogen-bond acceptors (Lipinski definition) is 8. The zero-order valence-electron chi connectivity index (χ0n) is 13.1. The Labute approximate surface area is 138 Å². The lowest BCUT2D eigenvalue weighted by Gasteiger charge is -2.54. The summed E-state index contributed by atoms with van der Waals surface area (Å²) in [6.45, 7) is 4.51. The van der Waals surface area contributed by atoms with Gasteiger partial charge in [-0.3, -0.25) is 4.99 Å². The Morgan fingerprint density at radius 1 is 1.26 bits per heavy atom.